The van der Waals surface area contributed by atoms with Crippen LogP contribution in [0.2, 0.25) is 0 Å². The molecule has 0 atom stereocenters. The second kappa shape index (κ2) is 8.24. The Labute approximate surface area is 165 Å². The molecule has 138 valence electrons. The lowest BCUT2D eigenvalue weighted by Crippen LogP contribution is -2.31. The van der Waals surface area contributed by atoms with Crippen LogP contribution in [-0.2, 0) is 0 Å². The van der Waals surface area contributed by atoms with Gasteiger partial charge in [0.25, 0.3) is 11.6 Å². The molecule has 1 amide bonds. The highest BCUT2D eigenvalue weighted by molar-refractivity contribution is 7.14. The summed E-state index contributed by atoms with van der Waals surface area (Å²) in [5.41, 5.74) is 2.11. The maximum atomic E-state index is 12.9. The summed E-state index contributed by atoms with van der Waals surface area (Å²) in [7, 11) is 0. The molecule has 0 aliphatic rings. The number of nitro benzene ring substituents is 1. The number of nitro groups is 1. The molecule has 0 N–H and O–H groups in total. The van der Waals surface area contributed by atoms with Gasteiger partial charge in [0.05, 0.1) is 22.2 Å². The van der Waals surface area contributed by atoms with E-state index < -0.39 is 4.92 Å². The van der Waals surface area contributed by atoms with E-state index >= 15 is 0 Å². The van der Waals surface area contributed by atoms with Crippen molar-refractivity contribution >= 4 is 28.1 Å². The van der Waals surface area contributed by atoms with Crippen LogP contribution in [-0.4, -0.2) is 22.4 Å². The zero-order chi connectivity index (χ0) is 20.1. The lowest BCUT2D eigenvalue weighted by molar-refractivity contribution is -0.384. The fourth-order valence-corrected chi connectivity index (χ4v) is 3.37. The lowest BCUT2D eigenvalue weighted by atomic mass is 10.1. The molecule has 0 radical (unpaired) electrons. The van der Waals surface area contributed by atoms with Crippen LogP contribution in [0.25, 0.3) is 11.3 Å². The number of anilines is 1. The maximum absolute atomic E-state index is 12.9. The Balaban J connectivity index is 1.91. The molecule has 0 saturated carbocycles. The van der Waals surface area contributed by atoms with Crippen molar-refractivity contribution in [2.24, 2.45) is 0 Å². The number of non-ortho nitro benzene ring substituents is 1. The first-order chi connectivity index (χ1) is 13.5. The average molecular weight is 390 g/mol. The molecule has 3 rings (SSSR count). The van der Waals surface area contributed by atoms with E-state index in [0.29, 0.717) is 27.5 Å². The summed E-state index contributed by atoms with van der Waals surface area (Å²) in [6.07, 6.45) is 1.60. The molecule has 0 aliphatic heterocycles. The van der Waals surface area contributed by atoms with E-state index in [2.05, 4.69) is 11.6 Å². The number of rotatable bonds is 6. The topological polar surface area (TPSA) is 100 Å². The van der Waals surface area contributed by atoms with Crippen LogP contribution < -0.4 is 4.90 Å². The summed E-state index contributed by atoms with van der Waals surface area (Å²) >= 11 is 1.28. The van der Waals surface area contributed by atoms with Crippen LogP contribution in [0, 0.1) is 21.4 Å². The molecule has 0 unspecified atom stereocenters. The number of nitrogens with zero attached hydrogens (tertiary/aromatic N) is 4. The average Bonchev–Trinajstić information content (AvgIpc) is 3.21. The fourth-order valence-electron chi connectivity index (χ4n) is 2.53. The van der Waals surface area contributed by atoms with Gasteiger partial charge in [-0.1, -0.05) is 12.1 Å². The van der Waals surface area contributed by atoms with Gasteiger partial charge in [-0.3, -0.25) is 19.8 Å². The van der Waals surface area contributed by atoms with Crippen molar-refractivity contribution in [1.29, 1.82) is 5.26 Å². The minimum absolute atomic E-state index is 0.0000364. The summed E-state index contributed by atoms with van der Waals surface area (Å²) in [6.45, 7) is 3.95. The minimum atomic E-state index is -0.462. The summed E-state index contributed by atoms with van der Waals surface area (Å²) in [5.74, 6) is -0.290. The third kappa shape index (κ3) is 3.95. The van der Waals surface area contributed by atoms with Gasteiger partial charge in [-0.05, 0) is 30.3 Å². The first kappa shape index (κ1) is 18.9. The molecule has 0 aliphatic carbocycles. The third-order valence-electron chi connectivity index (χ3n) is 3.89. The molecule has 1 heterocycles. The number of carbonyl (C=O) groups excluding carboxylic acids is 1. The summed E-state index contributed by atoms with van der Waals surface area (Å²) in [5, 5.41) is 22.1. The number of hydrogen-bond acceptors (Lipinski definition) is 6. The van der Waals surface area contributed by atoms with Crippen molar-refractivity contribution in [2.45, 2.75) is 0 Å². The summed E-state index contributed by atoms with van der Waals surface area (Å²) in [4.78, 5) is 29.2. The Morgan fingerprint density at radius 3 is 2.71 bits per heavy atom. The van der Waals surface area contributed by atoms with E-state index in [1.165, 1.54) is 34.4 Å². The van der Waals surface area contributed by atoms with Gasteiger partial charge in [0, 0.05) is 35.2 Å². The Morgan fingerprint density at radius 1 is 1.32 bits per heavy atom. The van der Waals surface area contributed by atoms with Crippen LogP contribution in [0.5, 0.6) is 0 Å². The number of thiazole rings is 1. The monoisotopic (exact) mass is 390 g/mol. The highest BCUT2D eigenvalue weighted by Gasteiger charge is 2.20. The van der Waals surface area contributed by atoms with Crippen molar-refractivity contribution < 1.29 is 9.72 Å². The molecule has 0 bridgehead atoms. The van der Waals surface area contributed by atoms with Crippen LogP contribution in [0.3, 0.4) is 0 Å². The molecule has 0 saturated heterocycles. The number of nitriles is 1. The zero-order valence-electron chi connectivity index (χ0n) is 14.6. The van der Waals surface area contributed by atoms with Crippen molar-refractivity contribution in [1.82, 2.24) is 4.98 Å². The maximum Gasteiger partial charge on any atom is 0.269 e. The number of benzene rings is 2. The largest absolute Gasteiger partial charge is 0.280 e. The van der Waals surface area contributed by atoms with Gasteiger partial charge in [0.2, 0.25) is 0 Å². The van der Waals surface area contributed by atoms with E-state index in [-0.39, 0.29) is 18.1 Å². The van der Waals surface area contributed by atoms with Crippen LogP contribution >= 0.6 is 11.3 Å². The van der Waals surface area contributed by atoms with E-state index in [9.17, 15) is 14.9 Å². The van der Waals surface area contributed by atoms with Gasteiger partial charge in [-0.15, -0.1) is 17.9 Å². The minimum Gasteiger partial charge on any atom is -0.280 e. The van der Waals surface area contributed by atoms with Gasteiger partial charge in [0.1, 0.15) is 0 Å². The van der Waals surface area contributed by atoms with E-state index in [4.69, 9.17) is 5.26 Å². The quantitative estimate of drug-likeness (QED) is 0.352. The third-order valence-corrected chi connectivity index (χ3v) is 4.76. The Morgan fingerprint density at radius 2 is 2.07 bits per heavy atom. The normalized spacial score (nSPS) is 10.1. The summed E-state index contributed by atoms with van der Waals surface area (Å²) in [6, 6.07) is 14.5. The van der Waals surface area contributed by atoms with Gasteiger partial charge in [0.15, 0.2) is 5.13 Å². The smallest absolute Gasteiger partial charge is 0.269 e. The Hall–Kier alpha value is -3.83. The highest BCUT2D eigenvalue weighted by Crippen LogP contribution is 2.29. The zero-order valence-corrected chi connectivity index (χ0v) is 15.4. The van der Waals surface area contributed by atoms with Gasteiger partial charge < -0.3 is 0 Å². The Bertz CT molecular complexity index is 1080. The first-order valence-corrected chi connectivity index (χ1v) is 9.04. The predicted molar refractivity (Wildman–Crippen MR) is 107 cm³/mol. The number of aromatic nitrogens is 1. The molecule has 0 spiro atoms. The number of hydrogen-bond donors (Lipinski definition) is 0. The molecular weight excluding hydrogens is 376 g/mol. The molecule has 0 fully saturated rings. The van der Waals surface area contributed by atoms with Crippen molar-refractivity contribution in [2.75, 3.05) is 11.4 Å². The van der Waals surface area contributed by atoms with E-state index in [1.54, 1.807) is 41.8 Å². The van der Waals surface area contributed by atoms with E-state index in [1.807, 2.05) is 6.07 Å². The van der Waals surface area contributed by atoms with E-state index in [0.717, 1.165) is 0 Å². The SMILES string of the molecule is C=CCN(C(=O)c1cccc(C#N)c1)c1nc(-c2ccc([N+](=O)[O-])cc2)cs1. The molecule has 8 heteroatoms. The van der Waals surface area contributed by atoms with Crippen molar-refractivity contribution in [3.8, 4) is 17.3 Å². The van der Waals surface area contributed by atoms with Gasteiger partial charge in [-0.25, -0.2) is 4.98 Å². The molecule has 28 heavy (non-hydrogen) atoms. The second-order valence-electron chi connectivity index (χ2n) is 5.72. The molecular formula is C20H14N4O3S. The van der Waals surface area contributed by atoms with Gasteiger partial charge >= 0.3 is 0 Å². The second-order valence-corrected chi connectivity index (χ2v) is 6.55. The predicted octanol–water partition coefficient (Wildman–Crippen LogP) is 4.42. The summed E-state index contributed by atoms with van der Waals surface area (Å²) < 4.78 is 0. The van der Waals surface area contributed by atoms with Crippen LogP contribution in [0.1, 0.15) is 15.9 Å². The molecule has 3 aromatic rings. The lowest BCUT2D eigenvalue weighted by Gasteiger charge is -2.18. The first-order valence-electron chi connectivity index (χ1n) is 8.16. The van der Waals surface area contributed by atoms with Crippen LogP contribution in [0.15, 0.2) is 66.6 Å². The van der Waals surface area contributed by atoms with Crippen molar-refractivity contribution in [3.05, 3.63) is 87.8 Å². The molecule has 2 aromatic carbocycles. The van der Waals surface area contributed by atoms with Crippen molar-refractivity contribution in [3.63, 3.8) is 0 Å². The van der Waals surface area contributed by atoms with Gasteiger partial charge in [-0.2, -0.15) is 5.26 Å². The Kier molecular flexibility index (Phi) is 5.58. The fraction of sp³-hybridized carbons (Fsp3) is 0.0500. The number of amides is 1. The standard InChI is InChI=1S/C20H14N4O3S/c1-2-10-23(19(25)16-5-3-4-14(11-16)12-21)20-22-18(13-28-20)15-6-8-17(9-7-15)24(26)27/h2-9,11,13H,1,10H2. The van der Waals surface area contributed by atoms with Crippen LogP contribution in [0.4, 0.5) is 10.8 Å². The molecule has 1 aromatic heterocycles. The highest BCUT2D eigenvalue weighted by atomic mass is 32.1. The molecule has 7 nitrogen and oxygen atoms in total. The number of carbonyl (C=O) groups is 1.